The number of para-hydroxylation sites is 1. The molecule has 1 unspecified atom stereocenters. The van der Waals surface area contributed by atoms with E-state index >= 15 is 0 Å². The van der Waals surface area contributed by atoms with Crippen LogP contribution in [-0.4, -0.2) is 19.1 Å². The predicted molar refractivity (Wildman–Crippen MR) is 92.3 cm³/mol. The molecule has 1 N–H and O–H groups in total. The van der Waals surface area contributed by atoms with E-state index in [1.807, 2.05) is 38.1 Å². The second-order valence-electron chi connectivity index (χ2n) is 5.49. The van der Waals surface area contributed by atoms with Crippen LogP contribution in [0.2, 0.25) is 0 Å². The molecule has 0 bridgehead atoms. The van der Waals surface area contributed by atoms with Crippen LogP contribution in [0.1, 0.15) is 23.6 Å². The standard InChI is InChI=1S/C19H20N2O3/c1-12-6-5-7-13(2)18(12)21-19(22)14(3)24-16-9-8-15(11-20)10-17(16)23-4/h5-10,14H,1-4H3,(H,21,22). The van der Waals surface area contributed by atoms with E-state index in [-0.39, 0.29) is 5.91 Å². The topological polar surface area (TPSA) is 71.3 Å². The highest BCUT2D eigenvalue weighted by Gasteiger charge is 2.18. The maximum atomic E-state index is 12.4. The summed E-state index contributed by atoms with van der Waals surface area (Å²) in [5.41, 5.74) is 3.24. The van der Waals surface area contributed by atoms with Crippen LogP contribution in [0.3, 0.4) is 0 Å². The van der Waals surface area contributed by atoms with Crippen LogP contribution in [0.15, 0.2) is 36.4 Å². The number of hydrogen-bond donors (Lipinski definition) is 1. The summed E-state index contributed by atoms with van der Waals surface area (Å²) >= 11 is 0. The molecular formula is C19H20N2O3. The molecule has 124 valence electrons. The minimum atomic E-state index is -0.717. The Morgan fingerprint density at radius 2 is 1.83 bits per heavy atom. The SMILES string of the molecule is COc1cc(C#N)ccc1OC(C)C(=O)Nc1c(C)cccc1C. The van der Waals surface area contributed by atoms with E-state index < -0.39 is 6.10 Å². The van der Waals surface area contributed by atoms with Crippen molar-refractivity contribution < 1.29 is 14.3 Å². The Morgan fingerprint density at radius 3 is 2.42 bits per heavy atom. The fourth-order valence-electron chi connectivity index (χ4n) is 2.31. The first-order valence-corrected chi connectivity index (χ1v) is 7.58. The van der Waals surface area contributed by atoms with Gasteiger partial charge in [-0.3, -0.25) is 4.79 Å². The number of hydrogen-bond acceptors (Lipinski definition) is 4. The van der Waals surface area contributed by atoms with Gasteiger partial charge in [0.15, 0.2) is 17.6 Å². The van der Waals surface area contributed by atoms with E-state index in [0.717, 1.165) is 16.8 Å². The third-order valence-electron chi connectivity index (χ3n) is 3.70. The number of rotatable bonds is 5. The van der Waals surface area contributed by atoms with Gasteiger partial charge in [-0.25, -0.2) is 0 Å². The van der Waals surface area contributed by atoms with Crippen LogP contribution in [0, 0.1) is 25.2 Å². The number of methoxy groups -OCH3 is 1. The lowest BCUT2D eigenvalue weighted by molar-refractivity contribution is -0.122. The zero-order valence-corrected chi connectivity index (χ0v) is 14.2. The predicted octanol–water partition coefficient (Wildman–Crippen LogP) is 3.59. The molecule has 2 aromatic rings. The first-order valence-electron chi connectivity index (χ1n) is 7.58. The smallest absolute Gasteiger partial charge is 0.265 e. The zero-order chi connectivity index (χ0) is 17.7. The van der Waals surface area contributed by atoms with Crippen LogP contribution >= 0.6 is 0 Å². The first-order chi connectivity index (χ1) is 11.5. The fraction of sp³-hybridized carbons (Fsp3) is 0.263. The van der Waals surface area contributed by atoms with E-state index in [4.69, 9.17) is 14.7 Å². The van der Waals surface area contributed by atoms with Gasteiger partial charge in [-0.15, -0.1) is 0 Å². The van der Waals surface area contributed by atoms with Crippen molar-refractivity contribution in [1.82, 2.24) is 0 Å². The lowest BCUT2D eigenvalue weighted by atomic mass is 10.1. The van der Waals surface area contributed by atoms with Gasteiger partial charge in [0, 0.05) is 11.8 Å². The molecule has 24 heavy (non-hydrogen) atoms. The molecule has 0 aromatic heterocycles. The second-order valence-corrected chi connectivity index (χ2v) is 5.49. The summed E-state index contributed by atoms with van der Waals surface area (Å²) in [6.07, 6.45) is -0.717. The molecule has 0 fully saturated rings. The molecule has 1 amide bonds. The summed E-state index contributed by atoms with van der Waals surface area (Å²) in [4.78, 5) is 12.4. The van der Waals surface area contributed by atoms with Crippen molar-refractivity contribution in [3.05, 3.63) is 53.1 Å². The average Bonchev–Trinajstić information content (AvgIpc) is 2.58. The number of ether oxygens (including phenoxy) is 2. The Morgan fingerprint density at radius 1 is 1.17 bits per heavy atom. The summed E-state index contributed by atoms with van der Waals surface area (Å²) in [5, 5.41) is 11.8. The minimum Gasteiger partial charge on any atom is -0.493 e. The van der Waals surface area contributed by atoms with Crippen LogP contribution < -0.4 is 14.8 Å². The molecular weight excluding hydrogens is 304 g/mol. The van der Waals surface area contributed by atoms with Crippen molar-refractivity contribution in [2.24, 2.45) is 0 Å². The molecule has 0 saturated heterocycles. The Hall–Kier alpha value is -3.00. The molecule has 0 radical (unpaired) electrons. The van der Waals surface area contributed by atoms with Gasteiger partial charge in [0.2, 0.25) is 0 Å². The molecule has 0 aliphatic rings. The Bertz CT molecular complexity index is 773. The van der Waals surface area contributed by atoms with Gasteiger partial charge in [0.05, 0.1) is 18.7 Å². The van der Waals surface area contributed by atoms with Crippen LogP contribution in [0.25, 0.3) is 0 Å². The highest BCUT2D eigenvalue weighted by molar-refractivity contribution is 5.95. The zero-order valence-electron chi connectivity index (χ0n) is 14.2. The molecule has 0 aliphatic carbocycles. The minimum absolute atomic E-state index is 0.251. The van der Waals surface area contributed by atoms with Gasteiger partial charge in [-0.05, 0) is 44.0 Å². The molecule has 0 aliphatic heterocycles. The van der Waals surface area contributed by atoms with Crippen molar-refractivity contribution >= 4 is 11.6 Å². The van der Waals surface area contributed by atoms with Crippen molar-refractivity contribution in [2.75, 3.05) is 12.4 Å². The van der Waals surface area contributed by atoms with Gasteiger partial charge in [-0.1, -0.05) is 18.2 Å². The number of nitriles is 1. The summed E-state index contributed by atoms with van der Waals surface area (Å²) in [7, 11) is 1.49. The van der Waals surface area contributed by atoms with E-state index in [1.54, 1.807) is 25.1 Å². The third kappa shape index (κ3) is 3.85. The molecule has 0 spiro atoms. The largest absolute Gasteiger partial charge is 0.493 e. The van der Waals surface area contributed by atoms with E-state index in [1.165, 1.54) is 7.11 Å². The van der Waals surface area contributed by atoms with Gasteiger partial charge in [0.1, 0.15) is 0 Å². The molecule has 2 rings (SSSR count). The summed E-state index contributed by atoms with van der Waals surface area (Å²) in [6, 6.07) is 12.7. The number of anilines is 1. The number of benzene rings is 2. The highest BCUT2D eigenvalue weighted by atomic mass is 16.5. The fourth-order valence-corrected chi connectivity index (χ4v) is 2.31. The maximum Gasteiger partial charge on any atom is 0.265 e. The van der Waals surface area contributed by atoms with Gasteiger partial charge < -0.3 is 14.8 Å². The lowest BCUT2D eigenvalue weighted by Crippen LogP contribution is -2.30. The van der Waals surface area contributed by atoms with Crippen molar-refractivity contribution in [3.63, 3.8) is 0 Å². The van der Waals surface area contributed by atoms with Gasteiger partial charge in [0.25, 0.3) is 5.91 Å². The average molecular weight is 324 g/mol. The quantitative estimate of drug-likeness (QED) is 0.912. The molecule has 5 heteroatoms. The number of amides is 1. The van der Waals surface area contributed by atoms with Crippen molar-refractivity contribution in [1.29, 1.82) is 5.26 Å². The van der Waals surface area contributed by atoms with E-state index in [9.17, 15) is 4.79 Å². The number of carbonyl (C=O) groups is 1. The third-order valence-corrected chi connectivity index (χ3v) is 3.70. The number of aryl methyl sites for hydroxylation is 2. The number of nitrogens with zero attached hydrogens (tertiary/aromatic N) is 1. The van der Waals surface area contributed by atoms with Crippen molar-refractivity contribution in [2.45, 2.75) is 26.9 Å². The molecule has 1 atom stereocenters. The maximum absolute atomic E-state index is 12.4. The Kier molecular flexibility index (Phi) is 5.43. The Balaban J connectivity index is 2.14. The van der Waals surface area contributed by atoms with E-state index in [0.29, 0.717) is 17.1 Å². The summed E-state index contributed by atoms with van der Waals surface area (Å²) in [6.45, 7) is 5.55. The van der Waals surface area contributed by atoms with E-state index in [2.05, 4.69) is 5.32 Å². The lowest BCUT2D eigenvalue weighted by Gasteiger charge is -2.18. The van der Waals surface area contributed by atoms with Crippen LogP contribution in [0.5, 0.6) is 11.5 Å². The van der Waals surface area contributed by atoms with Gasteiger partial charge >= 0.3 is 0 Å². The summed E-state index contributed by atoms with van der Waals surface area (Å²) in [5.74, 6) is 0.584. The summed E-state index contributed by atoms with van der Waals surface area (Å²) < 4.78 is 10.9. The second kappa shape index (κ2) is 7.51. The van der Waals surface area contributed by atoms with Gasteiger partial charge in [-0.2, -0.15) is 5.26 Å². The first kappa shape index (κ1) is 17.4. The molecule has 0 heterocycles. The van der Waals surface area contributed by atoms with Crippen LogP contribution in [-0.2, 0) is 4.79 Å². The van der Waals surface area contributed by atoms with Crippen LogP contribution in [0.4, 0.5) is 5.69 Å². The molecule has 0 saturated carbocycles. The number of carbonyl (C=O) groups excluding carboxylic acids is 1. The Labute approximate surface area is 141 Å². The molecule has 2 aromatic carbocycles. The highest BCUT2D eigenvalue weighted by Crippen LogP contribution is 2.29. The monoisotopic (exact) mass is 324 g/mol. The van der Waals surface area contributed by atoms with Crippen molar-refractivity contribution in [3.8, 4) is 17.6 Å². The normalized spacial score (nSPS) is 11.3. The number of nitrogens with one attached hydrogen (secondary N) is 1. The molecule has 5 nitrogen and oxygen atoms in total.